The van der Waals surface area contributed by atoms with Crippen molar-refractivity contribution < 1.29 is 4.79 Å². The molecule has 5 heterocycles. The lowest BCUT2D eigenvalue weighted by Crippen LogP contribution is -2.57. The molecule has 1 spiro atoms. The molecule has 7 nitrogen and oxygen atoms in total. The van der Waals surface area contributed by atoms with Crippen molar-refractivity contribution in [2.24, 2.45) is 0 Å². The minimum Gasteiger partial charge on any atom is -0.335 e. The fourth-order valence-corrected chi connectivity index (χ4v) is 5.09. The molecule has 0 atom stereocenters. The summed E-state index contributed by atoms with van der Waals surface area (Å²) in [6.07, 6.45) is 1.48. The molecule has 2 N–H and O–H groups in total. The number of pyridine rings is 1. The van der Waals surface area contributed by atoms with Crippen LogP contribution in [0.5, 0.6) is 0 Å². The summed E-state index contributed by atoms with van der Waals surface area (Å²) in [4.78, 5) is 34.8. The Labute approximate surface area is 150 Å². The second-order valence-electron chi connectivity index (χ2n) is 6.20. The van der Waals surface area contributed by atoms with E-state index in [2.05, 4.69) is 20.6 Å². The molecule has 3 aromatic rings. The van der Waals surface area contributed by atoms with E-state index in [9.17, 15) is 9.59 Å². The number of rotatable bonds is 2. The highest BCUT2D eigenvalue weighted by molar-refractivity contribution is 8.00. The largest absolute Gasteiger partial charge is 0.335 e. The van der Waals surface area contributed by atoms with E-state index >= 15 is 0 Å². The number of hydrogen-bond donors (Lipinski definition) is 2. The van der Waals surface area contributed by atoms with Crippen molar-refractivity contribution in [1.82, 2.24) is 19.9 Å². The molecule has 0 saturated carbocycles. The molecule has 2 aliphatic heterocycles. The SMILES string of the molecule is Cc1cc(Nc2ncnc3sccc23)c(=O)n2c1C(=O)NC21CSC1. The Bertz CT molecular complexity index is 1100. The van der Waals surface area contributed by atoms with E-state index in [4.69, 9.17) is 0 Å². The van der Waals surface area contributed by atoms with Gasteiger partial charge in [-0.3, -0.25) is 14.2 Å². The number of nitrogens with one attached hydrogen (secondary N) is 2. The van der Waals surface area contributed by atoms with Gasteiger partial charge in [-0.2, -0.15) is 11.8 Å². The minimum atomic E-state index is -0.583. The highest BCUT2D eigenvalue weighted by Gasteiger charge is 2.49. The van der Waals surface area contributed by atoms with Crippen molar-refractivity contribution >= 4 is 50.7 Å². The lowest BCUT2D eigenvalue weighted by molar-refractivity contribution is 0.0934. The number of amides is 1. The summed E-state index contributed by atoms with van der Waals surface area (Å²) < 4.78 is 1.62. The Kier molecular flexibility index (Phi) is 3.02. The first-order chi connectivity index (χ1) is 12.1. The second-order valence-corrected chi connectivity index (χ2v) is 8.08. The Morgan fingerprint density at radius 2 is 2.16 bits per heavy atom. The number of carbonyl (C=O) groups is 1. The smallest absolute Gasteiger partial charge is 0.276 e. The summed E-state index contributed by atoms with van der Waals surface area (Å²) in [6, 6.07) is 3.65. The number of carbonyl (C=O) groups excluding carboxylic acids is 1. The third kappa shape index (κ3) is 1.99. The van der Waals surface area contributed by atoms with Crippen LogP contribution in [0, 0.1) is 6.92 Å². The zero-order valence-corrected chi connectivity index (χ0v) is 14.8. The van der Waals surface area contributed by atoms with Gasteiger partial charge in [0.2, 0.25) is 0 Å². The molecule has 1 amide bonds. The summed E-state index contributed by atoms with van der Waals surface area (Å²) in [5.41, 5.74) is 0.852. The average Bonchev–Trinajstić information content (AvgIpc) is 3.15. The van der Waals surface area contributed by atoms with Gasteiger partial charge in [0.1, 0.15) is 34.0 Å². The van der Waals surface area contributed by atoms with Crippen LogP contribution in [-0.2, 0) is 5.66 Å². The first-order valence-electron chi connectivity index (χ1n) is 7.72. The monoisotopic (exact) mass is 371 g/mol. The molecular weight excluding hydrogens is 358 g/mol. The summed E-state index contributed by atoms with van der Waals surface area (Å²) >= 11 is 3.23. The minimum absolute atomic E-state index is 0.177. The molecule has 0 aliphatic carbocycles. The topological polar surface area (TPSA) is 88.9 Å². The first-order valence-corrected chi connectivity index (χ1v) is 9.75. The van der Waals surface area contributed by atoms with Crippen LogP contribution in [0.3, 0.4) is 0 Å². The zero-order chi connectivity index (χ0) is 17.2. The van der Waals surface area contributed by atoms with Gasteiger partial charge in [0.15, 0.2) is 0 Å². The lowest BCUT2D eigenvalue weighted by Gasteiger charge is -2.38. The van der Waals surface area contributed by atoms with Crippen molar-refractivity contribution in [1.29, 1.82) is 0 Å². The van der Waals surface area contributed by atoms with Crippen LogP contribution in [0.4, 0.5) is 11.5 Å². The van der Waals surface area contributed by atoms with E-state index in [1.165, 1.54) is 17.7 Å². The fourth-order valence-electron chi connectivity index (χ4n) is 3.36. The van der Waals surface area contributed by atoms with E-state index in [0.29, 0.717) is 28.7 Å². The third-order valence-corrected chi connectivity index (χ3v) is 6.76. The molecule has 1 fully saturated rings. The number of anilines is 2. The predicted molar refractivity (Wildman–Crippen MR) is 98.9 cm³/mol. The summed E-state index contributed by atoms with van der Waals surface area (Å²) in [7, 11) is 0. The normalized spacial score (nSPS) is 17.4. The van der Waals surface area contributed by atoms with Gasteiger partial charge in [0, 0.05) is 11.5 Å². The lowest BCUT2D eigenvalue weighted by atomic mass is 10.1. The quantitative estimate of drug-likeness (QED) is 0.717. The van der Waals surface area contributed by atoms with Crippen molar-refractivity contribution in [2.45, 2.75) is 12.6 Å². The van der Waals surface area contributed by atoms with Crippen LogP contribution in [-0.4, -0.2) is 31.9 Å². The maximum absolute atomic E-state index is 13.1. The molecule has 3 aromatic heterocycles. The van der Waals surface area contributed by atoms with Gasteiger partial charge in [-0.15, -0.1) is 11.3 Å². The number of thioether (sulfide) groups is 1. The van der Waals surface area contributed by atoms with Crippen LogP contribution < -0.4 is 16.2 Å². The predicted octanol–water partition coefficient (Wildman–Crippen LogP) is 2.05. The summed E-state index contributed by atoms with van der Waals surface area (Å²) in [6.45, 7) is 1.85. The molecule has 0 radical (unpaired) electrons. The average molecular weight is 371 g/mol. The molecule has 126 valence electrons. The third-order valence-electron chi connectivity index (χ3n) is 4.58. The highest BCUT2D eigenvalue weighted by atomic mass is 32.2. The Morgan fingerprint density at radius 3 is 2.92 bits per heavy atom. The van der Waals surface area contributed by atoms with Gasteiger partial charge in [-0.25, -0.2) is 9.97 Å². The molecule has 25 heavy (non-hydrogen) atoms. The van der Waals surface area contributed by atoms with Gasteiger partial charge >= 0.3 is 0 Å². The van der Waals surface area contributed by atoms with Crippen LogP contribution in [0.15, 0.2) is 28.6 Å². The van der Waals surface area contributed by atoms with Gasteiger partial charge in [0.05, 0.1) is 5.39 Å². The molecule has 2 aliphatic rings. The maximum atomic E-state index is 13.1. The van der Waals surface area contributed by atoms with E-state index < -0.39 is 5.66 Å². The maximum Gasteiger partial charge on any atom is 0.276 e. The van der Waals surface area contributed by atoms with E-state index in [-0.39, 0.29) is 11.5 Å². The van der Waals surface area contributed by atoms with Crippen LogP contribution in [0.2, 0.25) is 0 Å². The fraction of sp³-hybridized carbons (Fsp3) is 0.250. The molecule has 9 heteroatoms. The van der Waals surface area contributed by atoms with Crippen LogP contribution in [0.1, 0.15) is 16.1 Å². The van der Waals surface area contributed by atoms with Crippen molar-refractivity contribution in [2.75, 3.05) is 16.8 Å². The van der Waals surface area contributed by atoms with Crippen molar-refractivity contribution in [3.63, 3.8) is 0 Å². The van der Waals surface area contributed by atoms with E-state index in [1.807, 2.05) is 18.4 Å². The molecule has 0 aromatic carbocycles. The van der Waals surface area contributed by atoms with Crippen LogP contribution >= 0.6 is 23.1 Å². The standard InChI is InChI=1S/C16H13N5O2S2/c1-8-4-10(19-12-9-2-3-25-14(9)18-7-17-12)15(23)21-11(8)13(22)20-16(21)5-24-6-16/h2-4,7H,5-6H2,1H3,(H,20,22)(H,17,18,19). The molecule has 0 bridgehead atoms. The van der Waals surface area contributed by atoms with Crippen molar-refractivity contribution in [3.8, 4) is 0 Å². The molecular formula is C16H13N5O2S2. The van der Waals surface area contributed by atoms with Gasteiger partial charge < -0.3 is 10.6 Å². The Balaban J connectivity index is 1.68. The first kappa shape index (κ1) is 14.9. The van der Waals surface area contributed by atoms with Gasteiger partial charge in [0.25, 0.3) is 11.5 Å². The highest BCUT2D eigenvalue weighted by Crippen LogP contribution is 2.38. The molecule has 5 rings (SSSR count). The zero-order valence-electron chi connectivity index (χ0n) is 13.2. The molecule has 0 unspecified atom stereocenters. The molecule has 1 saturated heterocycles. The summed E-state index contributed by atoms with van der Waals surface area (Å²) in [5, 5.41) is 8.94. The van der Waals surface area contributed by atoms with Gasteiger partial charge in [-0.05, 0) is 30.0 Å². The number of fused-ring (bicyclic) bond motifs is 3. The Hall–Kier alpha value is -2.39. The number of hydrogen-bond acceptors (Lipinski definition) is 7. The number of aryl methyl sites for hydroxylation is 1. The number of thiophene rings is 1. The van der Waals surface area contributed by atoms with Crippen molar-refractivity contribution in [3.05, 3.63) is 45.5 Å². The van der Waals surface area contributed by atoms with Crippen LogP contribution in [0.25, 0.3) is 10.2 Å². The van der Waals surface area contributed by atoms with E-state index in [1.54, 1.807) is 22.4 Å². The summed E-state index contributed by atoms with van der Waals surface area (Å²) in [5.74, 6) is 1.83. The van der Waals surface area contributed by atoms with E-state index in [0.717, 1.165) is 15.8 Å². The Morgan fingerprint density at radius 1 is 1.32 bits per heavy atom. The second kappa shape index (κ2) is 5.06. The number of nitrogens with zero attached hydrogens (tertiary/aromatic N) is 3. The van der Waals surface area contributed by atoms with Gasteiger partial charge in [-0.1, -0.05) is 0 Å². The number of aromatic nitrogens is 3.